The number of anilines is 1. The number of para-hydroxylation sites is 1. The molecule has 0 unspecified atom stereocenters. The van der Waals surface area contributed by atoms with Gasteiger partial charge in [0, 0.05) is 39.9 Å². The second-order valence-corrected chi connectivity index (χ2v) is 9.08. The quantitative estimate of drug-likeness (QED) is 0.312. The summed E-state index contributed by atoms with van der Waals surface area (Å²) in [6.45, 7) is 1.96. The van der Waals surface area contributed by atoms with E-state index < -0.39 is 0 Å². The Morgan fingerprint density at radius 1 is 1.23 bits per heavy atom. The molecule has 9 heteroatoms. The average Bonchev–Trinajstić information content (AvgIpc) is 3.36. The van der Waals surface area contributed by atoms with Crippen molar-refractivity contribution in [1.29, 1.82) is 0 Å². The van der Waals surface area contributed by atoms with Crippen LogP contribution in [0.15, 0.2) is 50.5 Å². The van der Waals surface area contributed by atoms with Crippen LogP contribution in [-0.4, -0.2) is 25.1 Å². The fourth-order valence-electron chi connectivity index (χ4n) is 3.10. The zero-order chi connectivity index (χ0) is 22.0. The molecule has 160 valence electrons. The standard InChI is InChI=1S/C22H19ClN2O4S2/c1-12-10-30-22(24-12)31-11-14-13-6-4-5-7-17(13)29-20(14)21(26)25-16-9-18(27-2)15(23)8-19(16)28-3/h4-10H,11H2,1-3H3,(H,25,26). The number of nitrogens with one attached hydrogen (secondary N) is 1. The van der Waals surface area contributed by atoms with Crippen LogP contribution < -0.4 is 14.8 Å². The van der Waals surface area contributed by atoms with E-state index in [2.05, 4.69) is 10.3 Å². The first-order chi connectivity index (χ1) is 15.0. The average molecular weight is 475 g/mol. The molecular formula is C22H19ClN2O4S2. The molecule has 2 heterocycles. The second-order valence-electron chi connectivity index (χ2n) is 6.59. The van der Waals surface area contributed by atoms with Crippen LogP contribution in [0.3, 0.4) is 0 Å². The van der Waals surface area contributed by atoms with E-state index in [4.69, 9.17) is 25.5 Å². The van der Waals surface area contributed by atoms with Gasteiger partial charge >= 0.3 is 0 Å². The minimum atomic E-state index is -0.384. The van der Waals surface area contributed by atoms with Gasteiger partial charge in [-0.25, -0.2) is 4.98 Å². The number of aryl methyl sites for hydroxylation is 1. The van der Waals surface area contributed by atoms with E-state index in [1.54, 1.807) is 35.2 Å². The highest BCUT2D eigenvalue weighted by Gasteiger charge is 2.23. The Morgan fingerprint density at radius 3 is 2.71 bits per heavy atom. The van der Waals surface area contributed by atoms with Crippen molar-refractivity contribution in [1.82, 2.24) is 4.98 Å². The normalized spacial score (nSPS) is 11.0. The first-order valence-corrected chi connectivity index (χ1v) is 11.5. The molecule has 0 saturated carbocycles. The molecule has 1 amide bonds. The first kappa shape index (κ1) is 21.5. The van der Waals surface area contributed by atoms with E-state index in [0.29, 0.717) is 33.5 Å². The highest BCUT2D eigenvalue weighted by molar-refractivity contribution is 8.00. The topological polar surface area (TPSA) is 73.6 Å². The molecule has 31 heavy (non-hydrogen) atoms. The zero-order valence-electron chi connectivity index (χ0n) is 17.0. The van der Waals surface area contributed by atoms with Gasteiger partial charge in [0.2, 0.25) is 0 Å². The second kappa shape index (κ2) is 9.21. The van der Waals surface area contributed by atoms with E-state index >= 15 is 0 Å². The van der Waals surface area contributed by atoms with Crippen LogP contribution in [0.5, 0.6) is 11.5 Å². The zero-order valence-corrected chi connectivity index (χ0v) is 19.4. The molecule has 4 aromatic rings. The fraction of sp³-hybridized carbons (Fsp3) is 0.182. The number of furan rings is 1. The molecule has 0 radical (unpaired) electrons. The molecule has 4 rings (SSSR count). The summed E-state index contributed by atoms with van der Waals surface area (Å²) in [5, 5.41) is 6.15. The number of ether oxygens (including phenoxy) is 2. The smallest absolute Gasteiger partial charge is 0.291 e. The van der Waals surface area contributed by atoms with Gasteiger partial charge in [0.25, 0.3) is 5.91 Å². The summed E-state index contributed by atoms with van der Waals surface area (Å²) in [7, 11) is 3.02. The van der Waals surface area contributed by atoms with Crippen LogP contribution in [-0.2, 0) is 5.75 Å². The Hall–Kier alpha value is -2.68. The van der Waals surface area contributed by atoms with Crippen molar-refractivity contribution in [3.8, 4) is 11.5 Å². The molecule has 0 aliphatic carbocycles. The molecular weight excluding hydrogens is 456 g/mol. The van der Waals surface area contributed by atoms with Gasteiger partial charge in [0.1, 0.15) is 21.4 Å². The molecule has 2 aromatic heterocycles. The number of fused-ring (bicyclic) bond motifs is 1. The van der Waals surface area contributed by atoms with Crippen LogP contribution in [0.4, 0.5) is 5.69 Å². The lowest BCUT2D eigenvalue weighted by molar-refractivity contribution is 0.0997. The summed E-state index contributed by atoms with van der Waals surface area (Å²) in [6.07, 6.45) is 0. The number of benzene rings is 2. The van der Waals surface area contributed by atoms with E-state index in [-0.39, 0.29) is 11.7 Å². The molecule has 0 fully saturated rings. The van der Waals surface area contributed by atoms with E-state index in [0.717, 1.165) is 21.0 Å². The fourth-order valence-corrected chi connectivity index (χ4v) is 5.20. The minimum Gasteiger partial charge on any atom is -0.495 e. The van der Waals surface area contributed by atoms with Gasteiger partial charge in [-0.05, 0) is 13.0 Å². The van der Waals surface area contributed by atoms with E-state index in [9.17, 15) is 4.79 Å². The number of rotatable bonds is 7. The van der Waals surface area contributed by atoms with Crippen LogP contribution in [0, 0.1) is 6.92 Å². The first-order valence-electron chi connectivity index (χ1n) is 9.28. The number of aromatic nitrogens is 1. The molecule has 0 saturated heterocycles. The van der Waals surface area contributed by atoms with Gasteiger partial charge in [0.05, 0.1) is 24.9 Å². The van der Waals surface area contributed by atoms with Crippen molar-refractivity contribution in [3.63, 3.8) is 0 Å². The lowest BCUT2D eigenvalue weighted by Crippen LogP contribution is -2.13. The van der Waals surface area contributed by atoms with Gasteiger partial charge in [0.15, 0.2) is 5.76 Å². The van der Waals surface area contributed by atoms with Crippen molar-refractivity contribution in [2.45, 2.75) is 17.0 Å². The maximum Gasteiger partial charge on any atom is 0.291 e. The number of methoxy groups -OCH3 is 2. The summed E-state index contributed by atoms with van der Waals surface area (Å²) in [5.74, 6) is 1.26. The summed E-state index contributed by atoms with van der Waals surface area (Å²) >= 11 is 9.32. The number of halogens is 1. The number of hydrogen-bond acceptors (Lipinski definition) is 7. The van der Waals surface area contributed by atoms with Gasteiger partial charge in [-0.3, -0.25) is 4.79 Å². The van der Waals surface area contributed by atoms with Crippen molar-refractivity contribution in [3.05, 3.63) is 63.8 Å². The van der Waals surface area contributed by atoms with Gasteiger partial charge < -0.3 is 19.2 Å². The molecule has 1 N–H and O–H groups in total. The maximum absolute atomic E-state index is 13.2. The third-order valence-electron chi connectivity index (χ3n) is 4.56. The maximum atomic E-state index is 13.2. The van der Waals surface area contributed by atoms with Crippen molar-refractivity contribution in [2.24, 2.45) is 0 Å². The third-order valence-corrected chi connectivity index (χ3v) is 7.03. The molecule has 0 atom stereocenters. The number of carbonyl (C=O) groups excluding carboxylic acids is 1. The molecule has 0 spiro atoms. The SMILES string of the molecule is COc1cc(NC(=O)c2oc3ccccc3c2CSc2nc(C)cs2)c(OC)cc1Cl. The molecule has 0 aliphatic rings. The summed E-state index contributed by atoms with van der Waals surface area (Å²) < 4.78 is 17.5. The highest BCUT2D eigenvalue weighted by atomic mass is 35.5. The summed E-state index contributed by atoms with van der Waals surface area (Å²) in [6, 6.07) is 10.8. The Balaban J connectivity index is 1.68. The Morgan fingerprint density at radius 2 is 2.00 bits per heavy atom. The minimum absolute atomic E-state index is 0.248. The lowest BCUT2D eigenvalue weighted by Gasteiger charge is -2.13. The van der Waals surface area contributed by atoms with Crippen molar-refractivity contribution < 1.29 is 18.7 Å². The number of amides is 1. The van der Waals surface area contributed by atoms with E-state index in [1.807, 2.05) is 36.6 Å². The number of hydrogen-bond donors (Lipinski definition) is 1. The molecule has 0 aliphatic heterocycles. The van der Waals surface area contributed by atoms with Crippen LogP contribution >= 0.6 is 34.7 Å². The van der Waals surface area contributed by atoms with Crippen molar-refractivity contribution in [2.75, 3.05) is 19.5 Å². The van der Waals surface area contributed by atoms with Crippen molar-refractivity contribution >= 4 is 57.3 Å². The van der Waals surface area contributed by atoms with Crippen LogP contribution in [0.2, 0.25) is 5.02 Å². The number of carbonyl (C=O) groups is 1. The van der Waals surface area contributed by atoms with Crippen LogP contribution in [0.25, 0.3) is 11.0 Å². The third kappa shape index (κ3) is 4.51. The number of thioether (sulfide) groups is 1. The van der Waals surface area contributed by atoms with Gasteiger partial charge in [-0.15, -0.1) is 11.3 Å². The van der Waals surface area contributed by atoms with E-state index in [1.165, 1.54) is 14.2 Å². The summed E-state index contributed by atoms with van der Waals surface area (Å²) in [5.41, 5.74) is 2.87. The largest absolute Gasteiger partial charge is 0.495 e. The number of nitrogens with zero attached hydrogens (tertiary/aromatic N) is 1. The monoisotopic (exact) mass is 474 g/mol. The van der Waals surface area contributed by atoms with Gasteiger partial charge in [-0.2, -0.15) is 0 Å². The highest BCUT2D eigenvalue weighted by Crippen LogP contribution is 2.37. The Bertz CT molecular complexity index is 1250. The molecule has 2 aromatic carbocycles. The predicted molar refractivity (Wildman–Crippen MR) is 125 cm³/mol. The number of thiazole rings is 1. The molecule has 0 bridgehead atoms. The van der Waals surface area contributed by atoms with Gasteiger partial charge in [-0.1, -0.05) is 41.6 Å². The van der Waals surface area contributed by atoms with Crippen LogP contribution in [0.1, 0.15) is 21.8 Å². The lowest BCUT2D eigenvalue weighted by atomic mass is 10.1. The Kier molecular flexibility index (Phi) is 6.41. The summed E-state index contributed by atoms with van der Waals surface area (Å²) in [4.78, 5) is 17.7. The molecule has 6 nitrogen and oxygen atoms in total. The Labute approximate surface area is 192 Å². The predicted octanol–water partition coefficient (Wildman–Crippen LogP) is 6.41.